The standard InChI is InChI=1S/C27H32N6O3S/c1-20-27(34)31(3)25-18-28-26(17-24(25)33(20)19-21-7-5-4-6-8-21)29-22-9-11-23(12-10-22)37(35,36)32-15-13-30(2)14-16-32/h4-12,17-18,20H,13-16,19H2,1-3H3,(H,28,29). The molecule has 0 bridgehead atoms. The Kier molecular flexibility index (Phi) is 6.89. The molecule has 37 heavy (non-hydrogen) atoms. The Balaban J connectivity index is 1.37. The van der Waals surface area contributed by atoms with Crippen LogP contribution in [0.25, 0.3) is 0 Å². The molecule has 1 saturated heterocycles. The van der Waals surface area contributed by atoms with Crippen molar-refractivity contribution < 1.29 is 13.2 Å². The summed E-state index contributed by atoms with van der Waals surface area (Å²) in [5.41, 5.74) is 3.50. The largest absolute Gasteiger partial charge is 0.354 e. The number of nitrogens with one attached hydrogen (secondary N) is 1. The van der Waals surface area contributed by atoms with Crippen molar-refractivity contribution in [3.63, 3.8) is 0 Å². The summed E-state index contributed by atoms with van der Waals surface area (Å²) < 4.78 is 27.6. The molecule has 1 unspecified atom stereocenters. The molecule has 1 fully saturated rings. The highest BCUT2D eigenvalue weighted by Gasteiger charge is 2.34. The number of aromatic nitrogens is 1. The van der Waals surface area contributed by atoms with Gasteiger partial charge in [-0.1, -0.05) is 30.3 Å². The third-order valence-corrected chi connectivity index (χ3v) is 9.02. The van der Waals surface area contributed by atoms with Crippen LogP contribution in [0.5, 0.6) is 0 Å². The molecule has 1 aromatic heterocycles. The number of hydrogen-bond donors (Lipinski definition) is 1. The van der Waals surface area contributed by atoms with Crippen LogP contribution in [0.4, 0.5) is 22.9 Å². The molecule has 0 spiro atoms. The van der Waals surface area contributed by atoms with Crippen molar-refractivity contribution in [1.82, 2.24) is 14.2 Å². The van der Waals surface area contributed by atoms with Crippen molar-refractivity contribution in [3.8, 4) is 0 Å². The van der Waals surface area contributed by atoms with E-state index in [1.807, 2.05) is 50.4 Å². The third kappa shape index (κ3) is 5.04. The maximum absolute atomic E-state index is 13.0. The van der Waals surface area contributed by atoms with Gasteiger partial charge in [0.1, 0.15) is 11.9 Å². The Morgan fingerprint density at radius 3 is 2.30 bits per heavy atom. The maximum Gasteiger partial charge on any atom is 0.249 e. The van der Waals surface area contributed by atoms with E-state index in [1.165, 1.54) is 0 Å². The van der Waals surface area contributed by atoms with Gasteiger partial charge in [0.15, 0.2) is 0 Å². The number of nitrogens with zero attached hydrogens (tertiary/aromatic N) is 5. The molecule has 10 heteroatoms. The van der Waals surface area contributed by atoms with E-state index in [2.05, 4.69) is 20.1 Å². The molecular weight excluding hydrogens is 488 g/mol. The minimum absolute atomic E-state index is 0.0167. The SMILES string of the molecule is CC1C(=O)N(C)c2cnc(Nc3ccc(S(=O)(=O)N4CCN(C)CC4)cc3)cc2N1Cc1ccccc1. The zero-order valence-electron chi connectivity index (χ0n) is 21.3. The first kappa shape index (κ1) is 25.2. The minimum atomic E-state index is -3.52. The number of sulfonamides is 1. The van der Waals surface area contributed by atoms with E-state index in [0.717, 1.165) is 35.7 Å². The Morgan fingerprint density at radius 2 is 1.62 bits per heavy atom. The van der Waals surface area contributed by atoms with Gasteiger partial charge in [0, 0.05) is 51.5 Å². The molecule has 0 saturated carbocycles. The summed E-state index contributed by atoms with van der Waals surface area (Å²) >= 11 is 0. The van der Waals surface area contributed by atoms with E-state index in [4.69, 9.17) is 0 Å². The van der Waals surface area contributed by atoms with E-state index >= 15 is 0 Å². The molecule has 2 aliphatic rings. The quantitative estimate of drug-likeness (QED) is 0.534. The average Bonchev–Trinajstić information content (AvgIpc) is 2.91. The van der Waals surface area contributed by atoms with E-state index in [0.29, 0.717) is 25.5 Å². The smallest absolute Gasteiger partial charge is 0.249 e. The molecule has 194 valence electrons. The summed E-state index contributed by atoms with van der Waals surface area (Å²) in [5.74, 6) is 0.629. The lowest BCUT2D eigenvalue weighted by Gasteiger charge is -2.40. The Morgan fingerprint density at radius 1 is 0.946 bits per heavy atom. The van der Waals surface area contributed by atoms with Crippen molar-refractivity contribution in [2.24, 2.45) is 0 Å². The highest BCUT2D eigenvalue weighted by molar-refractivity contribution is 7.89. The number of carbonyl (C=O) groups excluding carboxylic acids is 1. The molecular formula is C27H32N6O3S. The molecule has 1 atom stereocenters. The molecule has 2 aliphatic heterocycles. The summed E-state index contributed by atoms with van der Waals surface area (Å²) in [5, 5.41) is 3.29. The predicted molar refractivity (Wildman–Crippen MR) is 146 cm³/mol. The van der Waals surface area contributed by atoms with Gasteiger partial charge in [0.05, 0.1) is 22.5 Å². The minimum Gasteiger partial charge on any atom is -0.354 e. The molecule has 5 rings (SSSR count). The van der Waals surface area contributed by atoms with Crippen LogP contribution in [-0.2, 0) is 21.4 Å². The molecule has 3 heterocycles. The molecule has 3 aromatic rings. The lowest BCUT2D eigenvalue weighted by molar-refractivity contribution is -0.119. The van der Waals surface area contributed by atoms with Crippen LogP contribution in [0.15, 0.2) is 71.8 Å². The van der Waals surface area contributed by atoms with Gasteiger partial charge >= 0.3 is 0 Å². The van der Waals surface area contributed by atoms with Gasteiger partial charge in [-0.25, -0.2) is 13.4 Å². The number of benzene rings is 2. The number of carbonyl (C=O) groups is 1. The van der Waals surface area contributed by atoms with E-state index in [9.17, 15) is 13.2 Å². The summed E-state index contributed by atoms with van der Waals surface area (Å²) in [6, 6.07) is 18.4. The van der Waals surface area contributed by atoms with Crippen LogP contribution in [0.2, 0.25) is 0 Å². The fourth-order valence-corrected chi connectivity index (χ4v) is 6.20. The molecule has 1 N–H and O–H groups in total. The zero-order chi connectivity index (χ0) is 26.2. The van der Waals surface area contributed by atoms with E-state index < -0.39 is 10.0 Å². The summed E-state index contributed by atoms with van der Waals surface area (Å²) in [7, 11) is 0.244. The van der Waals surface area contributed by atoms with Crippen molar-refractivity contribution in [2.75, 3.05) is 55.4 Å². The number of likely N-dealkylation sites (N-methyl/N-ethyl adjacent to an activating group) is 2. The van der Waals surface area contributed by atoms with Crippen LogP contribution in [-0.4, -0.2) is 74.8 Å². The van der Waals surface area contributed by atoms with Crippen molar-refractivity contribution >= 4 is 38.8 Å². The van der Waals surface area contributed by atoms with Crippen LogP contribution in [0, 0.1) is 0 Å². The number of piperazine rings is 1. The highest BCUT2D eigenvalue weighted by Crippen LogP contribution is 2.37. The highest BCUT2D eigenvalue weighted by atomic mass is 32.2. The van der Waals surface area contributed by atoms with Gasteiger partial charge in [-0.05, 0) is 43.8 Å². The number of hydrogen-bond acceptors (Lipinski definition) is 7. The van der Waals surface area contributed by atoms with Crippen molar-refractivity contribution in [3.05, 3.63) is 72.4 Å². The third-order valence-electron chi connectivity index (χ3n) is 7.11. The maximum atomic E-state index is 13.0. The zero-order valence-corrected chi connectivity index (χ0v) is 22.1. The number of anilines is 4. The van der Waals surface area contributed by atoms with Crippen molar-refractivity contribution in [1.29, 1.82) is 0 Å². The molecule has 1 amide bonds. The van der Waals surface area contributed by atoms with Crippen LogP contribution in [0.1, 0.15) is 12.5 Å². The lowest BCUT2D eigenvalue weighted by atomic mass is 10.1. The fraction of sp³-hybridized carbons (Fsp3) is 0.333. The molecule has 0 aliphatic carbocycles. The number of pyridine rings is 1. The number of rotatable bonds is 6. The monoisotopic (exact) mass is 520 g/mol. The average molecular weight is 521 g/mol. The second-order valence-corrected chi connectivity index (χ2v) is 11.5. The van der Waals surface area contributed by atoms with Gasteiger partial charge < -0.3 is 20.0 Å². The summed E-state index contributed by atoms with van der Waals surface area (Å²) in [6.07, 6.45) is 1.70. The fourth-order valence-electron chi connectivity index (χ4n) is 4.77. The van der Waals surface area contributed by atoms with Gasteiger partial charge in [-0.2, -0.15) is 4.31 Å². The first-order valence-electron chi connectivity index (χ1n) is 12.4. The molecule has 0 radical (unpaired) electrons. The molecule has 2 aromatic carbocycles. The second kappa shape index (κ2) is 10.1. The van der Waals surface area contributed by atoms with Crippen molar-refractivity contribution in [2.45, 2.75) is 24.4 Å². The molecule has 9 nitrogen and oxygen atoms in total. The lowest BCUT2D eigenvalue weighted by Crippen LogP contribution is -2.50. The van der Waals surface area contributed by atoms with Crippen LogP contribution >= 0.6 is 0 Å². The second-order valence-electron chi connectivity index (χ2n) is 9.60. The normalized spacial score (nSPS) is 19.1. The van der Waals surface area contributed by atoms with E-state index in [1.54, 1.807) is 46.7 Å². The Labute approximate surface area is 218 Å². The van der Waals surface area contributed by atoms with Crippen LogP contribution in [0.3, 0.4) is 0 Å². The van der Waals surface area contributed by atoms with E-state index in [-0.39, 0.29) is 16.8 Å². The number of amides is 1. The first-order valence-corrected chi connectivity index (χ1v) is 13.8. The summed E-state index contributed by atoms with van der Waals surface area (Å²) in [6.45, 7) is 4.95. The van der Waals surface area contributed by atoms with Gasteiger partial charge in [-0.15, -0.1) is 0 Å². The Bertz CT molecular complexity index is 1370. The first-order chi connectivity index (χ1) is 17.7. The van der Waals surface area contributed by atoms with Gasteiger partial charge in [-0.3, -0.25) is 4.79 Å². The van der Waals surface area contributed by atoms with Gasteiger partial charge in [0.2, 0.25) is 15.9 Å². The van der Waals surface area contributed by atoms with Crippen LogP contribution < -0.4 is 15.1 Å². The van der Waals surface area contributed by atoms with Gasteiger partial charge in [0.25, 0.3) is 0 Å². The topological polar surface area (TPSA) is 89.1 Å². The number of fused-ring (bicyclic) bond motifs is 1. The summed E-state index contributed by atoms with van der Waals surface area (Å²) in [4.78, 5) is 23.6. The predicted octanol–water partition coefficient (Wildman–Crippen LogP) is 3.13. The Hall–Kier alpha value is -3.47.